The second kappa shape index (κ2) is 8.04. The number of carbonyl (C=O) groups excluding carboxylic acids is 2. The lowest BCUT2D eigenvalue weighted by molar-refractivity contribution is -0.144. The van der Waals surface area contributed by atoms with E-state index in [2.05, 4.69) is 0 Å². The van der Waals surface area contributed by atoms with Gasteiger partial charge in [0, 0.05) is 25.1 Å². The molecule has 1 aromatic heterocycles. The van der Waals surface area contributed by atoms with Gasteiger partial charge in [-0.05, 0) is 51.7 Å². The molecule has 6 nitrogen and oxygen atoms in total. The Morgan fingerprint density at radius 1 is 1.28 bits per heavy atom. The Kier molecular flexibility index (Phi) is 5.78. The van der Waals surface area contributed by atoms with Crippen LogP contribution in [-0.4, -0.2) is 53.5 Å². The average Bonchev–Trinajstić information content (AvgIpc) is 3.06. The molecule has 1 aliphatic heterocycles. The summed E-state index contributed by atoms with van der Waals surface area (Å²) in [6, 6.07) is 3.71. The van der Waals surface area contributed by atoms with Gasteiger partial charge in [-0.2, -0.15) is 0 Å². The van der Waals surface area contributed by atoms with E-state index in [9.17, 15) is 9.59 Å². The predicted molar refractivity (Wildman–Crippen MR) is 92.7 cm³/mol. The molecule has 25 heavy (non-hydrogen) atoms. The molecule has 1 atom stereocenters. The summed E-state index contributed by atoms with van der Waals surface area (Å²) in [5.41, 5.74) is 0. The Bertz CT molecular complexity index is 574. The maximum Gasteiger partial charge on any atom is 0.242 e. The molecule has 2 heterocycles. The molecule has 0 aromatic carbocycles. The zero-order valence-electron chi connectivity index (χ0n) is 15.1. The first-order valence-electron chi connectivity index (χ1n) is 9.27. The molecule has 0 radical (unpaired) electrons. The first kappa shape index (κ1) is 18.0. The third-order valence-electron chi connectivity index (χ3n) is 4.87. The minimum Gasteiger partial charge on any atom is -0.467 e. The van der Waals surface area contributed by atoms with E-state index in [0.717, 1.165) is 38.1 Å². The molecule has 0 spiro atoms. The van der Waals surface area contributed by atoms with Gasteiger partial charge in [-0.15, -0.1) is 0 Å². The van der Waals surface area contributed by atoms with E-state index in [4.69, 9.17) is 9.15 Å². The Morgan fingerprint density at radius 3 is 2.64 bits per heavy atom. The number of rotatable bonds is 8. The first-order valence-corrected chi connectivity index (χ1v) is 9.27. The Balaban J connectivity index is 1.66. The standard InChI is InChI=1S/C19H28N2O4/c1-14(2)21(19(23)15-7-8-15)13-18(22)20(11-16-5-3-9-24-16)12-17-6-4-10-25-17/h3,5,9,14-15,17H,4,6-8,10-13H2,1-2H3/t17-/m0/s1. The fourth-order valence-electron chi connectivity index (χ4n) is 3.20. The third-order valence-corrected chi connectivity index (χ3v) is 4.87. The van der Waals surface area contributed by atoms with Crippen molar-refractivity contribution in [3.8, 4) is 0 Å². The SMILES string of the molecule is CC(C)N(CC(=O)N(Cc1ccco1)C[C@@H]1CCCO1)C(=O)C1CC1. The second-order valence-corrected chi connectivity index (χ2v) is 7.32. The molecule has 0 N–H and O–H groups in total. The molecule has 0 unspecified atom stereocenters. The van der Waals surface area contributed by atoms with Crippen LogP contribution in [0.25, 0.3) is 0 Å². The van der Waals surface area contributed by atoms with Crippen LogP contribution in [0.3, 0.4) is 0 Å². The van der Waals surface area contributed by atoms with E-state index in [-0.39, 0.29) is 36.4 Å². The smallest absolute Gasteiger partial charge is 0.242 e. The number of furan rings is 1. The summed E-state index contributed by atoms with van der Waals surface area (Å²) in [4.78, 5) is 28.9. The monoisotopic (exact) mass is 348 g/mol. The zero-order valence-corrected chi connectivity index (χ0v) is 15.1. The molecule has 2 fully saturated rings. The topological polar surface area (TPSA) is 63.0 Å². The van der Waals surface area contributed by atoms with Crippen LogP contribution in [0, 0.1) is 5.92 Å². The summed E-state index contributed by atoms with van der Waals surface area (Å²) in [6.45, 7) is 5.76. The summed E-state index contributed by atoms with van der Waals surface area (Å²) in [6.07, 6.45) is 5.58. The lowest BCUT2D eigenvalue weighted by Crippen LogP contribution is -2.47. The lowest BCUT2D eigenvalue weighted by atomic mass is 10.2. The molecular formula is C19H28N2O4. The Morgan fingerprint density at radius 2 is 2.08 bits per heavy atom. The van der Waals surface area contributed by atoms with E-state index < -0.39 is 0 Å². The molecule has 0 bridgehead atoms. The number of hydrogen-bond donors (Lipinski definition) is 0. The van der Waals surface area contributed by atoms with Gasteiger partial charge in [0.1, 0.15) is 12.3 Å². The van der Waals surface area contributed by atoms with Crippen molar-refractivity contribution in [3.63, 3.8) is 0 Å². The highest BCUT2D eigenvalue weighted by atomic mass is 16.5. The van der Waals surface area contributed by atoms with Crippen LogP contribution >= 0.6 is 0 Å². The van der Waals surface area contributed by atoms with E-state index in [1.54, 1.807) is 16.1 Å². The largest absolute Gasteiger partial charge is 0.467 e. The average molecular weight is 348 g/mol. The summed E-state index contributed by atoms with van der Waals surface area (Å²) in [7, 11) is 0. The molecule has 1 aliphatic carbocycles. The highest BCUT2D eigenvalue weighted by Gasteiger charge is 2.36. The fraction of sp³-hybridized carbons (Fsp3) is 0.684. The fourth-order valence-corrected chi connectivity index (χ4v) is 3.20. The minimum atomic E-state index is -0.0467. The Hall–Kier alpha value is -1.82. The number of hydrogen-bond acceptors (Lipinski definition) is 4. The first-order chi connectivity index (χ1) is 12.0. The molecule has 138 valence electrons. The van der Waals surface area contributed by atoms with Crippen molar-refractivity contribution < 1.29 is 18.7 Å². The van der Waals surface area contributed by atoms with Crippen LogP contribution in [0.4, 0.5) is 0 Å². The van der Waals surface area contributed by atoms with Gasteiger partial charge in [-0.1, -0.05) is 0 Å². The second-order valence-electron chi connectivity index (χ2n) is 7.32. The highest BCUT2D eigenvalue weighted by molar-refractivity contribution is 5.87. The van der Waals surface area contributed by atoms with Crippen molar-refractivity contribution >= 4 is 11.8 Å². The highest BCUT2D eigenvalue weighted by Crippen LogP contribution is 2.31. The molecular weight excluding hydrogens is 320 g/mol. The maximum absolute atomic E-state index is 13.0. The number of carbonyl (C=O) groups is 2. The molecule has 2 amide bonds. The van der Waals surface area contributed by atoms with Gasteiger partial charge >= 0.3 is 0 Å². The number of nitrogens with zero attached hydrogens (tertiary/aromatic N) is 2. The van der Waals surface area contributed by atoms with Crippen LogP contribution in [0.5, 0.6) is 0 Å². The molecule has 2 aliphatic rings. The van der Waals surface area contributed by atoms with E-state index in [1.807, 2.05) is 26.0 Å². The van der Waals surface area contributed by atoms with Crippen LogP contribution < -0.4 is 0 Å². The minimum absolute atomic E-state index is 0.0187. The van der Waals surface area contributed by atoms with Crippen molar-refractivity contribution in [1.29, 1.82) is 0 Å². The quantitative estimate of drug-likeness (QED) is 0.724. The van der Waals surface area contributed by atoms with Crippen LogP contribution in [0.15, 0.2) is 22.8 Å². The number of ether oxygens (including phenoxy) is 1. The molecule has 1 aromatic rings. The normalized spacial score (nSPS) is 20.0. The van der Waals surface area contributed by atoms with E-state index in [0.29, 0.717) is 13.1 Å². The zero-order chi connectivity index (χ0) is 17.8. The van der Waals surface area contributed by atoms with Crippen molar-refractivity contribution in [3.05, 3.63) is 24.2 Å². The van der Waals surface area contributed by atoms with Gasteiger partial charge in [0.15, 0.2) is 0 Å². The van der Waals surface area contributed by atoms with Crippen molar-refractivity contribution in [2.45, 2.75) is 58.2 Å². The summed E-state index contributed by atoms with van der Waals surface area (Å²) < 4.78 is 11.1. The molecule has 3 rings (SSSR count). The van der Waals surface area contributed by atoms with Crippen LogP contribution in [0.1, 0.15) is 45.3 Å². The lowest BCUT2D eigenvalue weighted by Gasteiger charge is -2.31. The van der Waals surface area contributed by atoms with Gasteiger partial charge in [-0.3, -0.25) is 9.59 Å². The summed E-state index contributed by atoms with van der Waals surface area (Å²) in [5, 5.41) is 0. The van der Waals surface area contributed by atoms with Crippen LogP contribution in [-0.2, 0) is 20.9 Å². The number of amides is 2. The van der Waals surface area contributed by atoms with Gasteiger partial charge in [-0.25, -0.2) is 0 Å². The Labute approximate surface area is 149 Å². The van der Waals surface area contributed by atoms with Crippen molar-refractivity contribution in [2.75, 3.05) is 19.7 Å². The third kappa shape index (κ3) is 4.84. The van der Waals surface area contributed by atoms with Gasteiger partial charge in [0.2, 0.25) is 11.8 Å². The van der Waals surface area contributed by atoms with E-state index >= 15 is 0 Å². The van der Waals surface area contributed by atoms with Crippen LogP contribution in [0.2, 0.25) is 0 Å². The molecule has 1 saturated carbocycles. The van der Waals surface area contributed by atoms with Crippen molar-refractivity contribution in [1.82, 2.24) is 9.80 Å². The summed E-state index contributed by atoms with van der Waals surface area (Å²) >= 11 is 0. The van der Waals surface area contributed by atoms with Gasteiger partial charge in [0.25, 0.3) is 0 Å². The van der Waals surface area contributed by atoms with E-state index in [1.165, 1.54) is 0 Å². The predicted octanol–water partition coefficient (Wildman–Crippen LogP) is 2.43. The molecule has 1 saturated heterocycles. The van der Waals surface area contributed by atoms with Gasteiger partial charge < -0.3 is 19.0 Å². The molecule has 6 heteroatoms. The maximum atomic E-state index is 13.0. The van der Waals surface area contributed by atoms with Gasteiger partial charge in [0.05, 0.1) is 18.9 Å². The van der Waals surface area contributed by atoms with Crippen molar-refractivity contribution in [2.24, 2.45) is 5.92 Å². The summed E-state index contributed by atoms with van der Waals surface area (Å²) in [5.74, 6) is 0.927.